The number of aliphatic hydroxyl groups excluding tert-OH is 1. The highest BCUT2D eigenvalue weighted by Crippen LogP contribution is 2.32. The smallest absolute Gasteiger partial charge is 0.126 e. The van der Waals surface area contributed by atoms with Crippen molar-refractivity contribution in [2.45, 2.75) is 26.8 Å². The van der Waals surface area contributed by atoms with E-state index in [2.05, 4.69) is 0 Å². The number of hydrogen-bond donors (Lipinski definition) is 2. The first-order valence-electron chi connectivity index (χ1n) is 5.01. The Labute approximate surface area is 89.9 Å². The SMILES string of the molecule is Cc1c(F)cccc1[C@@H](N)C(C)(C)CO. The van der Waals surface area contributed by atoms with Gasteiger partial charge in [0.05, 0.1) is 0 Å². The lowest BCUT2D eigenvalue weighted by atomic mass is 9.80. The Morgan fingerprint density at radius 3 is 2.60 bits per heavy atom. The predicted octanol–water partition coefficient (Wildman–Crippen LogP) is 2.15. The quantitative estimate of drug-likeness (QED) is 0.804. The Hall–Kier alpha value is -0.930. The number of aliphatic hydroxyl groups is 1. The van der Waals surface area contributed by atoms with Crippen LogP contribution in [-0.2, 0) is 0 Å². The molecule has 0 unspecified atom stereocenters. The minimum atomic E-state index is -0.446. The van der Waals surface area contributed by atoms with Crippen LogP contribution in [0.4, 0.5) is 4.39 Å². The van der Waals surface area contributed by atoms with E-state index in [4.69, 9.17) is 5.73 Å². The van der Waals surface area contributed by atoms with E-state index < -0.39 is 5.41 Å². The summed E-state index contributed by atoms with van der Waals surface area (Å²) in [7, 11) is 0. The lowest BCUT2D eigenvalue weighted by Gasteiger charge is -2.30. The van der Waals surface area contributed by atoms with Crippen LogP contribution in [0.5, 0.6) is 0 Å². The fourth-order valence-corrected chi connectivity index (χ4v) is 1.48. The van der Waals surface area contributed by atoms with Gasteiger partial charge in [-0.3, -0.25) is 0 Å². The largest absolute Gasteiger partial charge is 0.396 e. The molecule has 84 valence electrons. The van der Waals surface area contributed by atoms with Gasteiger partial charge in [-0.05, 0) is 24.1 Å². The van der Waals surface area contributed by atoms with Crippen LogP contribution >= 0.6 is 0 Å². The average Bonchev–Trinajstić information content (AvgIpc) is 2.21. The van der Waals surface area contributed by atoms with Crippen molar-refractivity contribution in [1.29, 1.82) is 0 Å². The number of rotatable bonds is 3. The van der Waals surface area contributed by atoms with Gasteiger partial charge in [0.25, 0.3) is 0 Å². The second-order valence-corrected chi connectivity index (χ2v) is 4.58. The highest BCUT2D eigenvalue weighted by molar-refractivity contribution is 5.31. The molecule has 3 N–H and O–H groups in total. The molecular formula is C12H18FNO. The summed E-state index contributed by atoms with van der Waals surface area (Å²) in [6.07, 6.45) is 0. The van der Waals surface area contributed by atoms with Crippen molar-refractivity contribution >= 4 is 0 Å². The van der Waals surface area contributed by atoms with Gasteiger partial charge < -0.3 is 10.8 Å². The average molecular weight is 211 g/mol. The molecule has 15 heavy (non-hydrogen) atoms. The van der Waals surface area contributed by atoms with E-state index in [1.165, 1.54) is 6.07 Å². The molecule has 3 heteroatoms. The molecule has 1 rings (SSSR count). The van der Waals surface area contributed by atoms with Crippen LogP contribution in [0.2, 0.25) is 0 Å². The van der Waals surface area contributed by atoms with E-state index in [-0.39, 0.29) is 18.5 Å². The molecule has 1 aromatic rings. The van der Waals surface area contributed by atoms with E-state index in [1.54, 1.807) is 19.1 Å². The van der Waals surface area contributed by atoms with Crippen LogP contribution in [0.1, 0.15) is 31.0 Å². The zero-order valence-corrected chi connectivity index (χ0v) is 9.42. The molecule has 1 aromatic carbocycles. The third-order valence-corrected chi connectivity index (χ3v) is 2.89. The highest BCUT2D eigenvalue weighted by Gasteiger charge is 2.28. The van der Waals surface area contributed by atoms with Gasteiger partial charge in [-0.1, -0.05) is 26.0 Å². The Morgan fingerprint density at radius 1 is 1.47 bits per heavy atom. The molecule has 0 aliphatic heterocycles. The van der Waals surface area contributed by atoms with Gasteiger partial charge in [-0.2, -0.15) is 0 Å². The molecule has 0 aliphatic carbocycles. The number of nitrogens with two attached hydrogens (primary N) is 1. The van der Waals surface area contributed by atoms with E-state index in [9.17, 15) is 9.50 Å². The third kappa shape index (κ3) is 2.36. The van der Waals surface area contributed by atoms with Crippen molar-refractivity contribution in [1.82, 2.24) is 0 Å². The normalized spacial score (nSPS) is 14.0. The van der Waals surface area contributed by atoms with E-state index in [0.717, 1.165) is 5.56 Å². The standard InChI is InChI=1S/C12H18FNO/c1-8-9(5-4-6-10(8)13)11(14)12(2,3)7-15/h4-6,11,15H,7,14H2,1-3H3/t11-/m1/s1. The molecule has 0 spiro atoms. The first-order valence-corrected chi connectivity index (χ1v) is 5.01. The van der Waals surface area contributed by atoms with Crippen LogP contribution in [0.3, 0.4) is 0 Å². The Kier molecular flexibility index (Phi) is 3.47. The van der Waals surface area contributed by atoms with Crippen LogP contribution in [0.15, 0.2) is 18.2 Å². The van der Waals surface area contributed by atoms with Crippen molar-refractivity contribution in [3.63, 3.8) is 0 Å². The molecule has 1 atom stereocenters. The van der Waals surface area contributed by atoms with E-state index in [1.807, 2.05) is 13.8 Å². The van der Waals surface area contributed by atoms with Gasteiger partial charge >= 0.3 is 0 Å². The van der Waals surface area contributed by atoms with Crippen LogP contribution in [-0.4, -0.2) is 11.7 Å². The fraction of sp³-hybridized carbons (Fsp3) is 0.500. The first-order chi connectivity index (χ1) is 6.90. The highest BCUT2D eigenvalue weighted by atomic mass is 19.1. The maximum absolute atomic E-state index is 13.3. The summed E-state index contributed by atoms with van der Waals surface area (Å²) >= 11 is 0. The Bertz CT molecular complexity index is 349. The minimum Gasteiger partial charge on any atom is -0.396 e. The second kappa shape index (κ2) is 4.29. The molecule has 0 amide bonds. The number of hydrogen-bond acceptors (Lipinski definition) is 2. The van der Waals surface area contributed by atoms with Gasteiger partial charge in [-0.15, -0.1) is 0 Å². The predicted molar refractivity (Wildman–Crippen MR) is 58.9 cm³/mol. The summed E-state index contributed by atoms with van der Waals surface area (Å²) in [6, 6.07) is 4.50. The van der Waals surface area contributed by atoms with Crippen molar-refractivity contribution < 1.29 is 9.50 Å². The summed E-state index contributed by atoms with van der Waals surface area (Å²) in [5, 5.41) is 9.21. The van der Waals surface area contributed by atoms with Crippen LogP contribution in [0, 0.1) is 18.2 Å². The topological polar surface area (TPSA) is 46.2 Å². The second-order valence-electron chi connectivity index (χ2n) is 4.58. The van der Waals surface area contributed by atoms with Gasteiger partial charge in [0.15, 0.2) is 0 Å². The summed E-state index contributed by atoms with van der Waals surface area (Å²) < 4.78 is 13.3. The zero-order chi connectivity index (χ0) is 11.6. The fourth-order valence-electron chi connectivity index (χ4n) is 1.48. The number of benzene rings is 1. The maximum atomic E-state index is 13.3. The summed E-state index contributed by atoms with van der Waals surface area (Å²) in [5.41, 5.74) is 6.90. The molecule has 0 fully saturated rings. The van der Waals surface area contributed by atoms with Crippen LogP contribution < -0.4 is 5.73 Å². The molecule has 0 saturated heterocycles. The van der Waals surface area contributed by atoms with Gasteiger partial charge in [0.1, 0.15) is 5.82 Å². The maximum Gasteiger partial charge on any atom is 0.126 e. The molecule has 0 saturated carbocycles. The molecular weight excluding hydrogens is 193 g/mol. The van der Waals surface area contributed by atoms with Crippen molar-refractivity contribution in [2.75, 3.05) is 6.61 Å². The zero-order valence-electron chi connectivity index (χ0n) is 9.42. The van der Waals surface area contributed by atoms with Gasteiger partial charge in [0, 0.05) is 18.1 Å². The first kappa shape index (κ1) is 12.1. The summed E-state index contributed by atoms with van der Waals surface area (Å²) in [4.78, 5) is 0. The van der Waals surface area contributed by atoms with Gasteiger partial charge in [-0.25, -0.2) is 4.39 Å². The summed E-state index contributed by atoms with van der Waals surface area (Å²) in [6.45, 7) is 5.41. The lowest BCUT2D eigenvalue weighted by molar-refractivity contribution is 0.132. The van der Waals surface area contributed by atoms with E-state index in [0.29, 0.717) is 5.56 Å². The van der Waals surface area contributed by atoms with Gasteiger partial charge in [0.2, 0.25) is 0 Å². The molecule has 0 heterocycles. The number of halogens is 1. The Balaban J connectivity index is 3.12. The van der Waals surface area contributed by atoms with Crippen molar-refractivity contribution in [2.24, 2.45) is 11.1 Å². The molecule has 0 bridgehead atoms. The summed E-state index contributed by atoms with van der Waals surface area (Å²) in [5.74, 6) is -0.253. The Morgan fingerprint density at radius 2 is 2.07 bits per heavy atom. The monoisotopic (exact) mass is 211 g/mol. The molecule has 0 radical (unpaired) electrons. The molecule has 2 nitrogen and oxygen atoms in total. The minimum absolute atomic E-state index is 0.0237. The molecule has 0 aromatic heterocycles. The molecule has 0 aliphatic rings. The van der Waals surface area contributed by atoms with Crippen molar-refractivity contribution in [3.8, 4) is 0 Å². The van der Waals surface area contributed by atoms with E-state index >= 15 is 0 Å². The van der Waals surface area contributed by atoms with Crippen molar-refractivity contribution in [3.05, 3.63) is 35.1 Å². The lowest BCUT2D eigenvalue weighted by Crippen LogP contribution is -2.33. The van der Waals surface area contributed by atoms with Crippen LogP contribution in [0.25, 0.3) is 0 Å². The third-order valence-electron chi connectivity index (χ3n) is 2.89.